The first-order valence-electron chi connectivity index (χ1n) is 4.89. The van der Waals surface area contributed by atoms with Crippen molar-refractivity contribution >= 4 is 11.7 Å². The van der Waals surface area contributed by atoms with Crippen molar-refractivity contribution in [3.8, 4) is 0 Å². The van der Waals surface area contributed by atoms with Gasteiger partial charge in [-0.15, -0.1) is 0 Å². The number of hydrogen-bond donors (Lipinski definition) is 2. The summed E-state index contributed by atoms with van der Waals surface area (Å²) in [7, 11) is 0. The summed E-state index contributed by atoms with van der Waals surface area (Å²) in [6.45, 7) is 0.150. The molecule has 1 atom stereocenters. The molecule has 0 radical (unpaired) electrons. The molecule has 78 valence electrons. The molecule has 1 heterocycles. The number of carbonyl (C=O) groups is 1. The van der Waals surface area contributed by atoms with Gasteiger partial charge >= 0.3 is 0 Å². The maximum absolute atomic E-state index is 11.1. The highest BCUT2D eigenvalue weighted by atomic mass is 16.2. The number of hydrogen-bond acceptors (Lipinski definition) is 3. The number of rotatable bonds is 2. The summed E-state index contributed by atoms with van der Waals surface area (Å²) >= 11 is 0. The van der Waals surface area contributed by atoms with E-state index in [0.717, 1.165) is 5.56 Å². The molecule has 1 aliphatic rings. The van der Waals surface area contributed by atoms with Crippen LogP contribution in [0.4, 0.5) is 0 Å². The Morgan fingerprint density at radius 2 is 2.13 bits per heavy atom. The lowest BCUT2D eigenvalue weighted by molar-refractivity contribution is -0.120. The summed E-state index contributed by atoms with van der Waals surface area (Å²) in [6, 6.07) is 9.75. The smallest absolute Gasteiger partial charge is 0.242 e. The summed E-state index contributed by atoms with van der Waals surface area (Å²) in [5.74, 6) is 0.448. The highest BCUT2D eigenvalue weighted by Gasteiger charge is 2.20. The van der Waals surface area contributed by atoms with Crippen LogP contribution in [0, 0.1) is 0 Å². The van der Waals surface area contributed by atoms with Gasteiger partial charge in [0, 0.05) is 0 Å². The summed E-state index contributed by atoms with van der Waals surface area (Å²) in [5.41, 5.74) is 6.87. The zero-order valence-electron chi connectivity index (χ0n) is 8.31. The third kappa shape index (κ3) is 2.34. The van der Waals surface area contributed by atoms with Crippen molar-refractivity contribution in [2.45, 2.75) is 12.5 Å². The van der Waals surface area contributed by atoms with Crippen molar-refractivity contribution in [2.24, 2.45) is 10.7 Å². The van der Waals surface area contributed by atoms with Crippen molar-refractivity contribution in [2.75, 3.05) is 6.54 Å². The van der Waals surface area contributed by atoms with Gasteiger partial charge in [0.1, 0.15) is 12.4 Å². The minimum atomic E-state index is -0.159. The Bertz CT molecular complexity index is 386. The third-order valence-electron chi connectivity index (χ3n) is 2.38. The maximum Gasteiger partial charge on any atom is 0.242 e. The van der Waals surface area contributed by atoms with Crippen LogP contribution >= 0.6 is 0 Å². The molecule has 1 aromatic carbocycles. The summed E-state index contributed by atoms with van der Waals surface area (Å²) < 4.78 is 0. The minimum Gasteiger partial charge on any atom is -0.386 e. The molecule has 0 fully saturated rings. The van der Waals surface area contributed by atoms with Gasteiger partial charge in [-0.1, -0.05) is 30.3 Å². The predicted molar refractivity (Wildman–Crippen MR) is 58.6 cm³/mol. The van der Waals surface area contributed by atoms with Crippen LogP contribution in [0.1, 0.15) is 5.56 Å². The van der Waals surface area contributed by atoms with E-state index < -0.39 is 0 Å². The van der Waals surface area contributed by atoms with Crippen molar-refractivity contribution in [1.82, 2.24) is 5.32 Å². The van der Waals surface area contributed by atoms with Gasteiger partial charge in [0.2, 0.25) is 5.91 Å². The fourth-order valence-corrected chi connectivity index (χ4v) is 1.59. The fraction of sp³-hybridized carbons (Fsp3) is 0.273. The number of nitrogens with zero attached hydrogens (tertiary/aromatic N) is 1. The van der Waals surface area contributed by atoms with Crippen molar-refractivity contribution in [3.63, 3.8) is 0 Å². The van der Waals surface area contributed by atoms with E-state index in [1.54, 1.807) is 0 Å². The number of amidine groups is 1. The lowest BCUT2D eigenvalue weighted by Gasteiger charge is -2.21. The van der Waals surface area contributed by atoms with Gasteiger partial charge in [-0.3, -0.25) is 9.79 Å². The Balaban J connectivity index is 2.09. The lowest BCUT2D eigenvalue weighted by Crippen LogP contribution is -2.50. The average Bonchev–Trinajstić information content (AvgIpc) is 2.25. The van der Waals surface area contributed by atoms with Crippen LogP contribution < -0.4 is 11.1 Å². The molecule has 0 spiro atoms. The number of aliphatic imine (C=N–C) groups is 1. The molecule has 2 rings (SSSR count). The molecule has 1 aliphatic heterocycles. The number of nitrogens with one attached hydrogen (secondary N) is 1. The Kier molecular flexibility index (Phi) is 2.67. The molecule has 0 saturated heterocycles. The highest BCUT2D eigenvalue weighted by Crippen LogP contribution is 2.05. The first-order valence-corrected chi connectivity index (χ1v) is 4.89. The standard InChI is InChI=1S/C11H13N3O/c12-11-9(14-10(15)7-13-11)6-8-4-2-1-3-5-8/h1-5,9H,6-7H2,(H2,12,13)(H,14,15). The minimum absolute atomic E-state index is 0.0647. The number of benzene rings is 1. The van der Waals surface area contributed by atoms with E-state index in [0.29, 0.717) is 12.3 Å². The molecule has 1 amide bonds. The van der Waals surface area contributed by atoms with Gasteiger partial charge in [-0.25, -0.2) is 0 Å². The van der Waals surface area contributed by atoms with E-state index in [9.17, 15) is 4.79 Å². The van der Waals surface area contributed by atoms with Crippen molar-refractivity contribution in [1.29, 1.82) is 0 Å². The van der Waals surface area contributed by atoms with Crippen LogP contribution in [0.2, 0.25) is 0 Å². The van der Waals surface area contributed by atoms with Crippen molar-refractivity contribution in [3.05, 3.63) is 35.9 Å². The van der Waals surface area contributed by atoms with Crippen LogP contribution in [0.5, 0.6) is 0 Å². The lowest BCUT2D eigenvalue weighted by atomic mass is 10.0. The number of nitrogens with two attached hydrogens (primary N) is 1. The van der Waals surface area contributed by atoms with Crippen LogP contribution in [0.15, 0.2) is 35.3 Å². The van der Waals surface area contributed by atoms with E-state index in [2.05, 4.69) is 10.3 Å². The third-order valence-corrected chi connectivity index (χ3v) is 2.38. The van der Waals surface area contributed by atoms with Gasteiger partial charge < -0.3 is 11.1 Å². The highest BCUT2D eigenvalue weighted by molar-refractivity contribution is 5.95. The molecule has 4 heteroatoms. The van der Waals surface area contributed by atoms with Gasteiger partial charge in [0.25, 0.3) is 0 Å². The number of amides is 1. The molecule has 4 nitrogen and oxygen atoms in total. The summed E-state index contributed by atoms with van der Waals surface area (Å²) in [6.07, 6.45) is 0.696. The summed E-state index contributed by atoms with van der Waals surface area (Å²) in [4.78, 5) is 15.1. The van der Waals surface area contributed by atoms with Gasteiger partial charge in [0.15, 0.2) is 0 Å². The van der Waals surface area contributed by atoms with Gasteiger partial charge in [0.05, 0.1) is 6.04 Å². The molecular weight excluding hydrogens is 190 g/mol. The fourth-order valence-electron chi connectivity index (χ4n) is 1.59. The molecule has 0 aromatic heterocycles. The van der Waals surface area contributed by atoms with Crippen LogP contribution in [-0.2, 0) is 11.2 Å². The second-order valence-electron chi connectivity index (χ2n) is 3.55. The molecule has 15 heavy (non-hydrogen) atoms. The van der Waals surface area contributed by atoms with Crippen LogP contribution in [-0.4, -0.2) is 24.3 Å². The molecule has 0 bridgehead atoms. The Labute approximate surface area is 88.2 Å². The maximum atomic E-state index is 11.1. The molecule has 3 N–H and O–H groups in total. The molecule has 1 unspecified atom stereocenters. The first kappa shape index (κ1) is 9.71. The topological polar surface area (TPSA) is 67.5 Å². The van der Waals surface area contributed by atoms with Crippen molar-refractivity contribution < 1.29 is 4.79 Å². The quantitative estimate of drug-likeness (QED) is 0.715. The largest absolute Gasteiger partial charge is 0.386 e. The van der Waals surface area contributed by atoms with E-state index in [1.807, 2.05) is 30.3 Å². The van der Waals surface area contributed by atoms with E-state index >= 15 is 0 Å². The molecule has 0 aliphatic carbocycles. The Morgan fingerprint density at radius 1 is 1.40 bits per heavy atom. The molecular formula is C11H13N3O. The van der Waals surface area contributed by atoms with Crippen LogP contribution in [0.3, 0.4) is 0 Å². The SMILES string of the molecule is NC1=NCC(=O)NC1Cc1ccccc1. The zero-order valence-corrected chi connectivity index (χ0v) is 8.31. The monoisotopic (exact) mass is 203 g/mol. The predicted octanol–water partition coefficient (Wildman–Crippen LogP) is 0.0847. The Morgan fingerprint density at radius 3 is 2.87 bits per heavy atom. The van der Waals surface area contributed by atoms with Crippen LogP contribution in [0.25, 0.3) is 0 Å². The second kappa shape index (κ2) is 4.13. The average molecular weight is 203 g/mol. The van der Waals surface area contributed by atoms with Gasteiger partial charge in [-0.2, -0.15) is 0 Å². The van der Waals surface area contributed by atoms with Gasteiger partial charge in [-0.05, 0) is 12.0 Å². The second-order valence-corrected chi connectivity index (χ2v) is 3.55. The molecule has 0 saturated carbocycles. The summed E-state index contributed by atoms with van der Waals surface area (Å²) in [5, 5.41) is 2.82. The van der Waals surface area contributed by atoms with E-state index in [-0.39, 0.29) is 18.5 Å². The normalized spacial score (nSPS) is 20.7. The zero-order chi connectivity index (χ0) is 10.7. The first-order chi connectivity index (χ1) is 7.25. The van der Waals surface area contributed by atoms with E-state index in [1.165, 1.54) is 0 Å². The van der Waals surface area contributed by atoms with E-state index in [4.69, 9.17) is 5.73 Å². The number of carbonyl (C=O) groups excluding carboxylic acids is 1. The Hall–Kier alpha value is -1.84. The molecule has 1 aromatic rings.